The van der Waals surface area contributed by atoms with Gasteiger partial charge < -0.3 is 102 Å². The van der Waals surface area contributed by atoms with Gasteiger partial charge in [-0.2, -0.15) is 0 Å². The molecular weight excluding hydrogens is 1690 g/mol. The minimum Gasteiger partial charge on any atom is -0.507 e. The van der Waals surface area contributed by atoms with Crippen LogP contribution in [0.15, 0.2) is 206 Å². The van der Waals surface area contributed by atoms with E-state index >= 15 is 0 Å². The summed E-state index contributed by atoms with van der Waals surface area (Å²) >= 11 is 0. The molecule has 18 rings (SSSR count). The van der Waals surface area contributed by atoms with E-state index in [0.717, 1.165) is 48.7 Å². The van der Waals surface area contributed by atoms with E-state index in [1.807, 2.05) is 115 Å². The second-order valence-corrected chi connectivity index (χ2v) is 34.1. The highest BCUT2D eigenvalue weighted by Gasteiger charge is 2.29. The van der Waals surface area contributed by atoms with Crippen LogP contribution in [0.5, 0.6) is 115 Å². The summed E-state index contributed by atoms with van der Waals surface area (Å²) in [6.07, 6.45) is 0. The highest BCUT2D eigenvalue weighted by atomic mass is 16.3. The lowest BCUT2D eigenvalue weighted by Gasteiger charge is -2.18. The maximum atomic E-state index is 10.6. The summed E-state index contributed by atoms with van der Waals surface area (Å²) in [7, 11) is 0. The molecule has 20 heteroatoms. The fraction of sp³-hybridized carbons (Fsp3) is 0.158. The quantitative estimate of drug-likeness (QED) is 0.0688. The van der Waals surface area contributed by atoms with Crippen LogP contribution in [0, 0.1) is 125 Å². The van der Waals surface area contributed by atoms with E-state index in [0.29, 0.717) is 183 Å². The predicted molar refractivity (Wildman–Crippen MR) is 535 cm³/mol. The fourth-order valence-electron chi connectivity index (χ4n) is 17.6. The second-order valence-electron chi connectivity index (χ2n) is 34.1. The molecule has 0 saturated heterocycles. The van der Waals surface area contributed by atoms with Crippen molar-refractivity contribution in [2.24, 2.45) is 0 Å². The third-order valence-electron chi connectivity index (χ3n) is 26.6. The largest absolute Gasteiger partial charge is 0.507 e. The zero-order valence-electron chi connectivity index (χ0n) is 77.6. The highest BCUT2D eigenvalue weighted by molar-refractivity contribution is 6.07. The molecule has 684 valence electrons. The number of hydrogen-bond donors (Lipinski definition) is 20. The summed E-state index contributed by atoms with van der Waals surface area (Å²) in [5.41, 5.74) is 16.7. The van der Waals surface area contributed by atoms with Crippen molar-refractivity contribution in [2.75, 3.05) is 0 Å². The Morgan fingerprint density at radius 3 is 0.828 bits per heavy atom. The molecule has 0 aromatic heterocycles. The van der Waals surface area contributed by atoms with Gasteiger partial charge in [0.25, 0.3) is 0 Å². The summed E-state index contributed by atoms with van der Waals surface area (Å²) in [4.78, 5) is 0. The molecule has 18 aromatic carbocycles. The zero-order valence-corrected chi connectivity index (χ0v) is 77.6. The van der Waals surface area contributed by atoms with E-state index in [2.05, 4.69) is 0 Å². The Morgan fingerprint density at radius 1 is 0.119 bits per heavy atom. The van der Waals surface area contributed by atoms with Crippen LogP contribution in [-0.2, 0) is 0 Å². The molecule has 0 saturated carbocycles. The molecule has 20 N–H and O–H groups in total. The number of aromatic hydroxyl groups is 20. The Labute approximate surface area is 775 Å². The van der Waals surface area contributed by atoms with Gasteiger partial charge in [-0.25, -0.2) is 0 Å². The van der Waals surface area contributed by atoms with Crippen LogP contribution >= 0.6 is 0 Å². The average molecular weight is 1800 g/mol. The molecule has 20 nitrogen and oxygen atoms in total. The fourth-order valence-corrected chi connectivity index (χ4v) is 17.6. The van der Waals surface area contributed by atoms with Crippen molar-refractivity contribution in [1.29, 1.82) is 0 Å². The van der Waals surface area contributed by atoms with E-state index in [4.69, 9.17) is 0 Å². The summed E-state index contributed by atoms with van der Waals surface area (Å²) in [5.74, 6) is 1.93. The first-order valence-corrected chi connectivity index (χ1v) is 43.2. The molecule has 0 radical (unpaired) electrons. The average Bonchev–Trinajstić information content (AvgIpc) is 0.730. The summed E-state index contributed by atoms with van der Waals surface area (Å²) < 4.78 is 0. The van der Waals surface area contributed by atoms with Crippen molar-refractivity contribution in [2.45, 2.75) is 125 Å². The zero-order chi connectivity index (χ0) is 97.8. The normalized spacial score (nSPS) is 11.1. The van der Waals surface area contributed by atoms with Crippen molar-refractivity contribution in [1.82, 2.24) is 0 Å². The van der Waals surface area contributed by atoms with Crippen molar-refractivity contribution in [3.8, 4) is 182 Å². The first kappa shape index (κ1) is 95.1. The Hall–Kier alpha value is -16.5. The molecule has 0 aliphatic rings. The monoisotopic (exact) mass is 1800 g/mol. The third-order valence-corrected chi connectivity index (χ3v) is 26.6. The molecule has 0 unspecified atom stereocenters. The van der Waals surface area contributed by atoms with Crippen LogP contribution in [0.1, 0.15) is 100 Å². The smallest absolute Gasteiger partial charge is 0.131 e. The molecule has 134 heavy (non-hydrogen) atoms. The van der Waals surface area contributed by atoms with Crippen molar-refractivity contribution in [3.05, 3.63) is 306 Å². The molecular formula is C114H108O20. The lowest BCUT2D eigenvalue weighted by atomic mass is 9.89. The molecule has 0 spiro atoms. The molecule has 0 amide bonds. The topological polar surface area (TPSA) is 405 Å². The van der Waals surface area contributed by atoms with Crippen LogP contribution in [0.2, 0.25) is 0 Å². The number of phenols is 20. The predicted octanol–water partition coefficient (Wildman–Crippen LogP) is 26.7. The number of fused-ring (bicyclic) bond motifs is 6. The molecule has 0 fully saturated rings. The maximum Gasteiger partial charge on any atom is 0.131 e. The van der Waals surface area contributed by atoms with Gasteiger partial charge in [0.15, 0.2) is 0 Å². The molecule has 0 heterocycles. The molecule has 0 aliphatic carbocycles. The molecule has 0 atom stereocenters. The lowest BCUT2D eigenvalue weighted by Crippen LogP contribution is -1.94. The standard InChI is InChI=1S/2C19H18O4.4C19H18O3/c1-9-10(2)19(23)17(11(3)18(9)22)14-8-13-12(7-16(14)21)5-4-6-15(13)20;1-9-10(2)19(23)16(11(3)18(9)22)17-13-5-4-6-14(20)12(13)7-8-15(17)21;1-10-11(2)19(22)17(12(3)18(10)21)15-8-13-6-4-5-7-14(13)9-16(15)20;1-10-11(2)19(22)17(12(3)18(10)21)15-8-9-16(20)14-7-5-4-6-13(14)15;1-10-11(2)19(22)16(12(3)18(10)21)17-14-7-5-4-6-13(14)8-9-15(17)20;1-10-11(2)18(21)16(12(3)17(10)20)15-9-8-13-6-4-5-7-14(13)19(15)22/h2*4-8,20-23H,1-3H3;4*4-9,20-22H,1-3H3. The summed E-state index contributed by atoms with van der Waals surface area (Å²) in [6, 6.07) is 60.7. The molecule has 18 aromatic rings. The van der Waals surface area contributed by atoms with E-state index < -0.39 is 0 Å². The number of hydrogen-bond acceptors (Lipinski definition) is 20. The minimum absolute atomic E-state index is 0.0165. The Morgan fingerprint density at radius 2 is 0.381 bits per heavy atom. The lowest BCUT2D eigenvalue weighted by molar-refractivity contribution is 0.449. The second kappa shape index (κ2) is 37.5. The van der Waals surface area contributed by atoms with Gasteiger partial charge in [-0.3, -0.25) is 0 Å². The minimum atomic E-state index is -0.0239. The van der Waals surface area contributed by atoms with Crippen molar-refractivity contribution < 1.29 is 102 Å². The van der Waals surface area contributed by atoms with Gasteiger partial charge in [-0.05, 0) is 313 Å². The van der Waals surface area contributed by atoms with E-state index in [-0.39, 0.29) is 115 Å². The number of phenolic OH excluding ortho intramolecular Hbond substituents is 20. The van der Waals surface area contributed by atoms with Crippen LogP contribution in [0.25, 0.3) is 131 Å². The van der Waals surface area contributed by atoms with Gasteiger partial charge in [0.1, 0.15) is 115 Å². The van der Waals surface area contributed by atoms with Gasteiger partial charge in [-0.15, -0.1) is 0 Å². The van der Waals surface area contributed by atoms with Gasteiger partial charge in [0.05, 0.1) is 0 Å². The highest BCUT2D eigenvalue weighted by Crippen LogP contribution is 2.55. The Balaban J connectivity index is 0.000000136. The third kappa shape index (κ3) is 16.9. The first-order chi connectivity index (χ1) is 63.4. The number of rotatable bonds is 6. The van der Waals surface area contributed by atoms with Crippen LogP contribution < -0.4 is 0 Å². The first-order valence-electron chi connectivity index (χ1n) is 43.2. The van der Waals surface area contributed by atoms with Crippen LogP contribution in [-0.4, -0.2) is 102 Å². The van der Waals surface area contributed by atoms with Gasteiger partial charge >= 0.3 is 0 Å². The van der Waals surface area contributed by atoms with E-state index in [1.165, 1.54) is 12.1 Å². The maximum absolute atomic E-state index is 10.6. The van der Waals surface area contributed by atoms with Gasteiger partial charge in [0, 0.05) is 116 Å². The number of benzene rings is 18. The van der Waals surface area contributed by atoms with Crippen LogP contribution in [0.3, 0.4) is 0 Å². The Bertz CT molecular complexity index is 7550. The van der Waals surface area contributed by atoms with E-state index in [1.54, 1.807) is 203 Å². The van der Waals surface area contributed by atoms with E-state index in [9.17, 15) is 102 Å². The molecule has 0 bridgehead atoms. The van der Waals surface area contributed by atoms with Gasteiger partial charge in [0.2, 0.25) is 0 Å². The van der Waals surface area contributed by atoms with Gasteiger partial charge in [-0.1, -0.05) is 133 Å². The summed E-state index contributed by atoms with van der Waals surface area (Å²) in [6.45, 7) is 31.4. The summed E-state index contributed by atoms with van der Waals surface area (Å²) in [5, 5.41) is 217. The molecule has 0 aliphatic heterocycles. The SMILES string of the molecule is Cc1c(C)c(O)c(-c2c(O)ccc3c(O)cccc23)c(C)c1O.Cc1c(C)c(O)c(-c2c(O)ccc3ccccc23)c(C)c1O.Cc1c(C)c(O)c(-c2cc3c(O)cccc3cc2O)c(C)c1O.Cc1c(C)c(O)c(-c2cc3ccccc3cc2O)c(C)c1O.Cc1c(C)c(O)c(-c2ccc(O)c3ccccc23)c(C)c1O.Cc1c(C)c(O)c(-c2ccc3ccccc3c2O)c(C)c1O. The van der Waals surface area contributed by atoms with Crippen LogP contribution in [0.4, 0.5) is 0 Å². The van der Waals surface area contributed by atoms with Crippen molar-refractivity contribution >= 4 is 64.6 Å². The van der Waals surface area contributed by atoms with Crippen molar-refractivity contribution in [3.63, 3.8) is 0 Å². The Kier molecular flexibility index (Phi) is 26.6.